The highest BCUT2D eigenvalue weighted by Crippen LogP contribution is 2.10. The second kappa shape index (κ2) is 7.93. The number of nitrogens with zero attached hydrogens (tertiary/aromatic N) is 1. The van der Waals surface area contributed by atoms with Gasteiger partial charge in [-0.1, -0.05) is 42.4 Å². The van der Waals surface area contributed by atoms with Gasteiger partial charge in [0.05, 0.1) is 6.21 Å². The van der Waals surface area contributed by atoms with E-state index in [4.69, 9.17) is 4.84 Å². The molecule has 0 spiro atoms. The smallest absolute Gasteiger partial charge is 0.265 e. The number of carbonyl (C=O) groups is 1. The van der Waals surface area contributed by atoms with Crippen LogP contribution >= 0.6 is 0 Å². The van der Waals surface area contributed by atoms with Crippen molar-refractivity contribution in [3.8, 4) is 0 Å². The molecule has 0 aliphatic carbocycles. The van der Waals surface area contributed by atoms with E-state index in [9.17, 15) is 9.18 Å². The zero-order chi connectivity index (χ0) is 15.8. The van der Waals surface area contributed by atoms with Gasteiger partial charge in [0.1, 0.15) is 5.82 Å². The summed E-state index contributed by atoms with van der Waals surface area (Å²) in [5.74, 6) is -0.713. The number of rotatable bonds is 6. The summed E-state index contributed by atoms with van der Waals surface area (Å²) in [5.41, 5.74) is 2.15. The van der Waals surface area contributed by atoms with E-state index >= 15 is 0 Å². The molecule has 0 unspecified atom stereocenters. The Hall–Kier alpha value is -2.69. The second-order valence-corrected chi connectivity index (χ2v) is 4.63. The van der Waals surface area contributed by atoms with Gasteiger partial charge in [-0.25, -0.2) is 4.39 Å². The Bertz CT molecular complexity index is 671. The van der Waals surface area contributed by atoms with Gasteiger partial charge in [-0.2, -0.15) is 0 Å². The Kier molecular flexibility index (Phi) is 5.65. The fourth-order valence-electron chi connectivity index (χ4n) is 1.84. The van der Waals surface area contributed by atoms with Crippen molar-refractivity contribution in [3.63, 3.8) is 0 Å². The molecule has 0 aliphatic rings. The number of hydrogen-bond acceptors (Lipinski definition) is 3. The molecule has 0 aromatic heterocycles. The first-order chi connectivity index (χ1) is 10.7. The van der Waals surface area contributed by atoms with Gasteiger partial charge in [0.15, 0.2) is 6.61 Å². The van der Waals surface area contributed by atoms with Crippen LogP contribution in [0.4, 0.5) is 10.1 Å². The molecule has 2 rings (SSSR count). The highest BCUT2D eigenvalue weighted by Gasteiger charge is 2.03. The van der Waals surface area contributed by atoms with E-state index in [1.54, 1.807) is 24.3 Å². The first-order valence-electron chi connectivity index (χ1n) is 6.97. The molecular weight excluding hydrogens is 283 g/mol. The number of halogens is 1. The molecule has 0 radical (unpaired) electrons. The van der Waals surface area contributed by atoms with E-state index in [2.05, 4.69) is 10.5 Å². The molecule has 0 saturated carbocycles. The van der Waals surface area contributed by atoms with Gasteiger partial charge in [0.25, 0.3) is 5.91 Å². The van der Waals surface area contributed by atoms with Crippen LogP contribution in [0.1, 0.15) is 18.1 Å². The van der Waals surface area contributed by atoms with Gasteiger partial charge in [0, 0.05) is 11.3 Å². The lowest BCUT2D eigenvalue weighted by atomic mass is 10.1. The van der Waals surface area contributed by atoms with Crippen molar-refractivity contribution in [2.24, 2.45) is 5.16 Å². The molecule has 0 fully saturated rings. The highest BCUT2D eigenvalue weighted by atomic mass is 19.1. The number of hydrogen-bond donors (Lipinski definition) is 1. The van der Waals surface area contributed by atoms with Crippen molar-refractivity contribution in [3.05, 3.63) is 65.5 Å². The predicted molar refractivity (Wildman–Crippen MR) is 84.4 cm³/mol. The van der Waals surface area contributed by atoms with Crippen LogP contribution in [0.25, 0.3) is 0 Å². The SMILES string of the molecule is CCc1cccc(NC(=O)CO/N=C\c2ccccc2F)c1. The average Bonchev–Trinajstić information content (AvgIpc) is 2.53. The fraction of sp³-hybridized carbons (Fsp3) is 0.176. The van der Waals surface area contributed by atoms with Crippen LogP contribution in [0.15, 0.2) is 53.7 Å². The number of oxime groups is 1. The second-order valence-electron chi connectivity index (χ2n) is 4.63. The Morgan fingerprint density at radius 3 is 2.86 bits per heavy atom. The van der Waals surface area contributed by atoms with Crippen LogP contribution in [-0.4, -0.2) is 18.7 Å². The van der Waals surface area contributed by atoms with Crippen molar-refractivity contribution in [2.45, 2.75) is 13.3 Å². The number of aryl methyl sites for hydroxylation is 1. The highest BCUT2D eigenvalue weighted by molar-refractivity contribution is 5.91. The molecule has 5 heteroatoms. The molecule has 0 bridgehead atoms. The summed E-state index contributed by atoms with van der Waals surface area (Å²) >= 11 is 0. The van der Waals surface area contributed by atoms with Crippen molar-refractivity contribution in [1.82, 2.24) is 0 Å². The van der Waals surface area contributed by atoms with Crippen molar-refractivity contribution in [2.75, 3.05) is 11.9 Å². The lowest BCUT2D eigenvalue weighted by Gasteiger charge is -2.05. The maximum absolute atomic E-state index is 13.3. The Morgan fingerprint density at radius 2 is 2.09 bits per heavy atom. The lowest BCUT2D eigenvalue weighted by Crippen LogP contribution is -2.17. The van der Waals surface area contributed by atoms with E-state index in [-0.39, 0.29) is 12.5 Å². The predicted octanol–water partition coefficient (Wildman–Crippen LogP) is 3.38. The topological polar surface area (TPSA) is 50.7 Å². The zero-order valence-corrected chi connectivity index (χ0v) is 12.3. The summed E-state index contributed by atoms with van der Waals surface area (Å²) in [6.45, 7) is 1.81. The molecule has 0 atom stereocenters. The van der Waals surface area contributed by atoms with Gasteiger partial charge in [-0.05, 0) is 30.2 Å². The third-order valence-electron chi connectivity index (χ3n) is 2.99. The van der Waals surface area contributed by atoms with Gasteiger partial charge in [-0.3, -0.25) is 4.79 Å². The number of benzene rings is 2. The maximum atomic E-state index is 13.3. The Labute approximate surface area is 128 Å². The van der Waals surface area contributed by atoms with Crippen LogP contribution in [0.2, 0.25) is 0 Å². The normalized spacial score (nSPS) is 10.6. The monoisotopic (exact) mass is 300 g/mol. The molecule has 114 valence electrons. The first-order valence-corrected chi connectivity index (χ1v) is 6.97. The molecule has 0 heterocycles. The molecular formula is C17H17FN2O2. The van der Waals surface area contributed by atoms with E-state index in [0.29, 0.717) is 11.3 Å². The van der Waals surface area contributed by atoms with Crippen molar-refractivity contribution >= 4 is 17.8 Å². The van der Waals surface area contributed by atoms with Crippen molar-refractivity contribution < 1.29 is 14.0 Å². The average molecular weight is 300 g/mol. The van der Waals surface area contributed by atoms with E-state index in [1.165, 1.54) is 12.3 Å². The van der Waals surface area contributed by atoms with Crippen LogP contribution < -0.4 is 5.32 Å². The fourth-order valence-corrected chi connectivity index (χ4v) is 1.84. The number of amides is 1. The minimum absolute atomic E-state index is 0.235. The van der Waals surface area contributed by atoms with E-state index in [1.807, 2.05) is 25.1 Å². The summed E-state index contributed by atoms with van der Waals surface area (Å²) < 4.78 is 13.3. The quantitative estimate of drug-likeness (QED) is 0.657. The summed E-state index contributed by atoms with van der Waals surface area (Å²) in [5, 5.41) is 6.31. The Morgan fingerprint density at radius 1 is 1.27 bits per heavy atom. The van der Waals surface area contributed by atoms with Crippen LogP contribution in [0, 0.1) is 5.82 Å². The van der Waals surface area contributed by atoms with Gasteiger partial charge in [0.2, 0.25) is 0 Å². The molecule has 4 nitrogen and oxygen atoms in total. The summed E-state index contributed by atoms with van der Waals surface area (Å²) in [4.78, 5) is 16.6. The molecule has 1 N–H and O–H groups in total. The van der Waals surface area contributed by atoms with Crippen LogP contribution in [-0.2, 0) is 16.1 Å². The standard InChI is InChI=1S/C17H17FN2O2/c1-2-13-6-5-8-15(10-13)20-17(21)12-22-19-11-14-7-3-4-9-16(14)18/h3-11H,2,12H2,1H3,(H,20,21)/b19-11-. The van der Waals surface area contributed by atoms with E-state index < -0.39 is 5.82 Å². The first kappa shape index (κ1) is 15.7. The molecule has 0 saturated heterocycles. The summed E-state index contributed by atoms with van der Waals surface area (Å²) in [7, 11) is 0. The number of anilines is 1. The third-order valence-corrected chi connectivity index (χ3v) is 2.99. The van der Waals surface area contributed by atoms with Gasteiger partial charge < -0.3 is 10.2 Å². The summed E-state index contributed by atoms with van der Waals surface area (Å²) in [6.07, 6.45) is 2.13. The van der Waals surface area contributed by atoms with Crippen LogP contribution in [0.3, 0.4) is 0 Å². The van der Waals surface area contributed by atoms with Crippen molar-refractivity contribution in [1.29, 1.82) is 0 Å². The van der Waals surface area contributed by atoms with Gasteiger partial charge >= 0.3 is 0 Å². The van der Waals surface area contributed by atoms with Gasteiger partial charge in [-0.15, -0.1) is 0 Å². The van der Waals surface area contributed by atoms with Crippen LogP contribution in [0.5, 0.6) is 0 Å². The third kappa shape index (κ3) is 4.70. The summed E-state index contributed by atoms with van der Waals surface area (Å²) in [6, 6.07) is 13.8. The molecule has 1 amide bonds. The van der Waals surface area contributed by atoms with E-state index in [0.717, 1.165) is 12.0 Å². The molecule has 2 aromatic rings. The number of carbonyl (C=O) groups excluding carboxylic acids is 1. The minimum atomic E-state index is -0.393. The largest absolute Gasteiger partial charge is 0.386 e. The number of nitrogens with one attached hydrogen (secondary N) is 1. The molecule has 0 aliphatic heterocycles. The minimum Gasteiger partial charge on any atom is -0.386 e. The maximum Gasteiger partial charge on any atom is 0.265 e. The lowest BCUT2D eigenvalue weighted by molar-refractivity contribution is -0.120. The zero-order valence-electron chi connectivity index (χ0n) is 12.3. The Balaban J connectivity index is 1.81. The molecule has 22 heavy (non-hydrogen) atoms. The molecule has 2 aromatic carbocycles.